The van der Waals surface area contributed by atoms with Crippen LogP contribution in [0.1, 0.15) is 29.6 Å². The first-order valence-electron chi connectivity index (χ1n) is 6.60. The average Bonchev–Trinajstić information content (AvgIpc) is 2.99. The number of Topliss-reactive ketones (excluding diaryl/α,β-unsaturated/α-hetero) is 1. The number of nitrogens with zero attached hydrogens (tertiary/aromatic N) is 1. The number of fused-ring (bicyclic) bond motifs is 2. The third kappa shape index (κ3) is 1.59. The Morgan fingerprint density at radius 2 is 2.00 bits per heavy atom. The smallest absolute Gasteiger partial charge is 0.332 e. The van der Waals surface area contributed by atoms with Crippen molar-refractivity contribution in [2.75, 3.05) is 7.11 Å². The minimum Gasteiger partial charge on any atom is -0.467 e. The van der Waals surface area contributed by atoms with Gasteiger partial charge in [-0.3, -0.25) is 9.59 Å². The van der Waals surface area contributed by atoms with Crippen LogP contribution in [0.5, 0.6) is 0 Å². The Morgan fingerprint density at radius 1 is 1.30 bits per heavy atom. The number of hydrogen-bond acceptors (Lipinski definition) is 4. The number of amides is 1. The molecular weight excluding hydrogens is 258 g/mol. The number of rotatable bonds is 2. The van der Waals surface area contributed by atoms with Gasteiger partial charge in [0.2, 0.25) is 0 Å². The molecule has 2 fully saturated rings. The van der Waals surface area contributed by atoms with Gasteiger partial charge in [0, 0.05) is 12.0 Å². The molecule has 5 nitrogen and oxygen atoms in total. The summed E-state index contributed by atoms with van der Waals surface area (Å²) in [5.74, 6) is -0.814. The summed E-state index contributed by atoms with van der Waals surface area (Å²) in [4.78, 5) is 38.2. The molecule has 0 aromatic heterocycles. The van der Waals surface area contributed by atoms with Gasteiger partial charge >= 0.3 is 5.97 Å². The molecule has 2 aliphatic heterocycles. The molecule has 1 amide bonds. The summed E-state index contributed by atoms with van der Waals surface area (Å²) in [6.45, 7) is 0. The van der Waals surface area contributed by atoms with Gasteiger partial charge in [0.1, 0.15) is 5.54 Å². The lowest BCUT2D eigenvalue weighted by molar-refractivity contribution is -0.151. The van der Waals surface area contributed by atoms with Gasteiger partial charge in [-0.15, -0.1) is 0 Å². The van der Waals surface area contributed by atoms with Crippen molar-refractivity contribution in [2.45, 2.75) is 30.8 Å². The van der Waals surface area contributed by atoms with Crippen LogP contribution in [0.3, 0.4) is 0 Å². The Labute approximate surface area is 116 Å². The molecule has 3 rings (SSSR count). The van der Waals surface area contributed by atoms with Crippen molar-refractivity contribution in [1.82, 2.24) is 4.90 Å². The lowest BCUT2D eigenvalue weighted by atomic mass is 9.87. The van der Waals surface area contributed by atoms with Crippen LogP contribution >= 0.6 is 0 Å². The standard InChI is InChI=1S/C15H15NO4/c1-20-14(19)15-8-7-11(12(17)9-15)16(15)13(18)10-5-3-2-4-6-10/h2-6,11H,7-9H2,1H3/t11-,15+/m1/s1. The number of benzene rings is 1. The molecule has 20 heavy (non-hydrogen) atoms. The molecule has 0 N–H and O–H groups in total. The van der Waals surface area contributed by atoms with E-state index in [9.17, 15) is 14.4 Å². The highest BCUT2D eigenvalue weighted by Crippen LogP contribution is 2.45. The van der Waals surface area contributed by atoms with Gasteiger partial charge in [0.05, 0.1) is 13.2 Å². The van der Waals surface area contributed by atoms with E-state index in [0.29, 0.717) is 18.4 Å². The summed E-state index contributed by atoms with van der Waals surface area (Å²) >= 11 is 0. The molecule has 2 bridgehead atoms. The van der Waals surface area contributed by atoms with Gasteiger partial charge < -0.3 is 9.64 Å². The van der Waals surface area contributed by atoms with E-state index in [-0.39, 0.29) is 18.1 Å². The first-order valence-corrected chi connectivity index (χ1v) is 6.60. The van der Waals surface area contributed by atoms with Crippen LogP contribution in [-0.2, 0) is 14.3 Å². The molecule has 0 radical (unpaired) electrons. The van der Waals surface area contributed by atoms with E-state index in [4.69, 9.17) is 4.74 Å². The largest absolute Gasteiger partial charge is 0.467 e. The SMILES string of the molecule is COC(=O)[C@]12CC[C@H](C(=O)C1)N2C(=O)c1ccccc1. The fraction of sp³-hybridized carbons (Fsp3) is 0.400. The number of ketones is 1. The fourth-order valence-corrected chi connectivity index (χ4v) is 3.33. The second-order valence-electron chi connectivity index (χ2n) is 5.26. The van der Waals surface area contributed by atoms with Gasteiger partial charge in [-0.2, -0.15) is 0 Å². The van der Waals surface area contributed by atoms with Crippen LogP contribution in [0, 0.1) is 0 Å². The molecule has 1 aromatic rings. The Hall–Kier alpha value is -2.17. The molecule has 1 aromatic carbocycles. The van der Waals surface area contributed by atoms with Crippen LogP contribution in [0.2, 0.25) is 0 Å². The zero-order chi connectivity index (χ0) is 14.3. The van der Waals surface area contributed by atoms with E-state index in [1.165, 1.54) is 12.0 Å². The molecule has 5 heteroatoms. The van der Waals surface area contributed by atoms with Crippen LogP contribution in [0.25, 0.3) is 0 Å². The second kappa shape index (κ2) is 4.44. The molecule has 2 atom stereocenters. The number of carbonyl (C=O) groups excluding carboxylic acids is 3. The maximum atomic E-state index is 12.6. The minimum absolute atomic E-state index is 0.0501. The van der Waals surface area contributed by atoms with Gasteiger partial charge in [-0.05, 0) is 25.0 Å². The van der Waals surface area contributed by atoms with Crippen LogP contribution < -0.4 is 0 Å². The summed E-state index contributed by atoms with van der Waals surface area (Å²) in [7, 11) is 1.29. The van der Waals surface area contributed by atoms with Crippen molar-refractivity contribution < 1.29 is 19.1 Å². The van der Waals surface area contributed by atoms with E-state index < -0.39 is 17.6 Å². The first-order chi connectivity index (χ1) is 9.60. The van der Waals surface area contributed by atoms with Crippen molar-refractivity contribution in [3.05, 3.63) is 35.9 Å². The highest BCUT2D eigenvalue weighted by atomic mass is 16.5. The van der Waals surface area contributed by atoms with E-state index in [1.54, 1.807) is 24.3 Å². The normalized spacial score (nSPS) is 27.8. The fourth-order valence-electron chi connectivity index (χ4n) is 3.33. The molecular formula is C15H15NO4. The Morgan fingerprint density at radius 3 is 2.60 bits per heavy atom. The van der Waals surface area contributed by atoms with E-state index in [2.05, 4.69) is 0 Å². The van der Waals surface area contributed by atoms with E-state index in [0.717, 1.165) is 0 Å². The van der Waals surface area contributed by atoms with Crippen LogP contribution in [-0.4, -0.2) is 41.3 Å². The quantitative estimate of drug-likeness (QED) is 0.759. The Bertz CT molecular complexity index is 583. The van der Waals surface area contributed by atoms with Crippen molar-refractivity contribution in [2.24, 2.45) is 0 Å². The van der Waals surface area contributed by atoms with Crippen LogP contribution in [0.15, 0.2) is 30.3 Å². The maximum absolute atomic E-state index is 12.6. The van der Waals surface area contributed by atoms with Gasteiger partial charge in [0.25, 0.3) is 5.91 Å². The summed E-state index contributed by atoms with van der Waals surface area (Å²) < 4.78 is 4.83. The van der Waals surface area contributed by atoms with E-state index >= 15 is 0 Å². The highest BCUT2D eigenvalue weighted by Gasteiger charge is 2.63. The van der Waals surface area contributed by atoms with Crippen LogP contribution in [0.4, 0.5) is 0 Å². The second-order valence-corrected chi connectivity index (χ2v) is 5.26. The van der Waals surface area contributed by atoms with Gasteiger partial charge in [-0.1, -0.05) is 18.2 Å². The zero-order valence-corrected chi connectivity index (χ0v) is 11.2. The molecule has 0 unspecified atom stereocenters. The number of hydrogen-bond donors (Lipinski definition) is 0. The first kappa shape index (κ1) is 12.8. The molecule has 0 aliphatic carbocycles. The lowest BCUT2D eigenvalue weighted by Crippen LogP contribution is -2.51. The van der Waals surface area contributed by atoms with Crippen molar-refractivity contribution in [3.8, 4) is 0 Å². The van der Waals surface area contributed by atoms with Gasteiger partial charge in [-0.25, -0.2) is 4.79 Å². The minimum atomic E-state index is -1.09. The number of ether oxygens (including phenoxy) is 1. The predicted molar refractivity (Wildman–Crippen MR) is 70.0 cm³/mol. The predicted octanol–water partition coefficient (Wildman–Crippen LogP) is 1.18. The third-order valence-corrected chi connectivity index (χ3v) is 4.25. The number of carbonyl (C=O) groups is 3. The topological polar surface area (TPSA) is 63.7 Å². The summed E-state index contributed by atoms with van der Waals surface area (Å²) in [6, 6.07) is 8.24. The molecule has 0 saturated carbocycles. The third-order valence-electron chi connectivity index (χ3n) is 4.25. The molecule has 2 saturated heterocycles. The molecule has 0 spiro atoms. The van der Waals surface area contributed by atoms with Crippen molar-refractivity contribution in [3.63, 3.8) is 0 Å². The number of esters is 1. The Kier molecular flexibility index (Phi) is 2.85. The molecule has 104 valence electrons. The lowest BCUT2D eigenvalue weighted by Gasteiger charge is -2.31. The monoisotopic (exact) mass is 273 g/mol. The summed E-state index contributed by atoms with van der Waals surface area (Å²) in [6.07, 6.45) is 1.10. The zero-order valence-electron chi connectivity index (χ0n) is 11.2. The summed E-state index contributed by atoms with van der Waals surface area (Å²) in [5.41, 5.74) is -0.606. The average molecular weight is 273 g/mol. The highest BCUT2D eigenvalue weighted by molar-refractivity contribution is 6.07. The van der Waals surface area contributed by atoms with Crippen molar-refractivity contribution >= 4 is 17.7 Å². The molecule has 2 heterocycles. The van der Waals surface area contributed by atoms with Crippen molar-refractivity contribution in [1.29, 1.82) is 0 Å². The maximum Gasteiger partial charge on any atom is 0.332 e. The van der Waals surface area contributed by atoms with Gasteiger partial charge in [0.15, 0.2) is 5.78 Å². The Balaban J connectivity index is 2.02. The number of methoxy groups -OCH3 is 1. The molecule has 2 aliphatic rings. The van der Waals surface area contributed by atoms with E-state index in [1.807, 2.05) is 6.07 Å². The summed E-state index contributed by atoms with van der Waals surface area (Å²) in [5, 5.41) is 0.